The first-order valence-corrected chi connectivity index (χ1v) is 7.81. The molecule has 0 aromatic heterocycles. The average Bonchev–Trinajstić information content (AvgIpc) is 2.58. The van der Waals surface area contributed by atoms with E-state index in [0.29, 0.717) is 12.1 Å². The topological polar surface area (TPSA) is 58.2 Å². The van der Waals surface area contributed by atoms with Gasteiger partial charge in [0.2, 0.25) is 5.91 Å². The number of carbonyl (C=O) groups is 2. The second-order valence-electron chi connectivity index (χ2n) is 5.80. The van der Waals surface area contributed by atoms with Gasteiger partial charge in [-0.15, -0.1) is 0 Å². The summed E-state index contributed by atoms with van der Waals surface area (Å²) < 4.78 is 77.0. The van der Waals surface area contributed by atoms with Crippen molar-refractivity contribution in [2.45, 2.75) is 19.3 Å². The van der Waals surface area contributed by atoms with Crippen LogP contribution in [0.2, 0.25) is 0 Å². The van der Waals surface area contributed by atoms with Gasteiger partial charge in [0.25, 0.3) is 0 Å². The van der Waals surface area contributed by atoms with Crippen LogP contribution in [0.1, 0.15) is 28.4 Å². The van der Waals surface area contributed by atoms with Gasteiger partial charge in [0.05, 0.1) is 23.4 Å². The molecule has 1 amide bonds. The molecule has 28 heavy (non-hydrogen) atoms. The van der Waals surface area contributed by atoms with Crippen LogP contribution in [0.4, 0.5) is 37.7 Å². The van der Waals surface area contributed by atoms with Gasteiger partial charge in [-0.25, -0.2) is 0 Å². The van der Waals surface area contributed by atoms with Gasteiger partial charge in [0, 0.05) is 11.3 Å². The van der Waals surface area contributed by atoms with E-state index in [1.54, 1.807) is 12.1 Å². The van der Waals surface area contributed by atoms with Crippen molar-refractivity contribution >= 4 is 23.1 Å². The van der Waals surface area contributed by atoms with E-state index in [0.717, 1.165) is 0 Å². The third-order valence-electron chi connectivity index (χ3n) is 3.62. The van der Waals surface area contributed by atoms with Crippen molar-refractivity contribution in [3.63, 3.8) is 0 Å². The minimum atomic E-state index is -4.99. The molecular formula is C18H14F6N2O2. The fourth-order valence-corrected chi connectivity index (χ4v) is 2.33. The predicted octanol–water partition coefficient (Wildman–Crippen LogP) is 4.98. The Labute approximate surface area is 155 Å². The van der Waals surface area contributed by atoms with Crippen LogP contribution in [-0.4, -0.2) is 18.2 Å². The molecule has 0 aliphatic rings. The van der Waals surface area contributed by atoms with Gasteiger partial charge in [-0.1, -0.05) is 12.1 Å². The van der Waals surface area contributed by atoms with Crippen LogP contribution in [0.15, 0.2) is 42.5 Å². The number of amides is 1. The first-order chi connectivity index (χ1) is 12.9. The van der Waals surface area contributed by atoms with Crippen LogP contribution in [-0.2, 0) is 17.1 Å². The number of alkyl halides is 6. The average molecular weight is 404 g/mol. The van der Waals surface area contributed by atoms with E-state index >= 15 is 0 Å². The number of hydrogen-bond acceptors (Lipinski definition) is 3. The lowest BCUT2D eigenvalue weighted by molar-refractivity contribution is -0.143. The molecule has 10 heteroatoms. The summed E-state index contributed by atoms with van der Waals surface area (Å²) in [5.74, 6) is -1.07. The molecule has 4 nitrogen and oxygen atoms in total. The third kappa shape index (κ3) is 5.48. The van der Waals surface area contributed by atoms with Crippen LogP contribution in [0.25, 0.3) is 0 Å². The highest BCUT2D eigenvalue weighted by Gasteiger charge is 2.36. The maximum Gasteiger partial charge on any atom is 0.416 e. The molecule has 2 rings (SSSR count). The van der Waals surface area contributed by atoms with E-state index in [1.807, 2.05) is 0 Å². The highest BCUT2D eigenvalue weighted by molar-refractivity contribution is 6.04. The molecule has 0 heterocycles. The maximum absolute atomic E-state index is 12.8. The van der Waals surface area contributed by atoms with E-state index in [2.05, 4.69) is 10.6 Å². The SMILES string of the molecule is CC(=O)c1ccccc1NC(=O)CNc1cc(C(F)(F)F)cc(C(F)(F)F)c1. The molecule has 2 N–H and O–H groups in total. The minimum Gasteiger partial charge on any atom is -0.376 e. The third-order valence-corrected chi connectivity index (χ3v) is 3.62. The molecule has 2 aromatic rings. The van der Waals surface area contributed by atoms with Crippen molar-refractivity contribution in [1.82, 2.24) is 0 Å². The van der Waals surface area contributed by atoms with Crippen molar-refractivity contribution < 1.29 is 35.9 Å². The molecular weight excluding hydrogens is 390 g/mol. The molecule has 0 aliphatic heterocycles. The second-order valence-corrected chi connectivity index (χ2v) is 5.80. The van der Waals surface area contributed by atoms with Gasteiger partial charge < -0.3 is 10.6 Å². The van der Waals surface area contributed by atoms with Gasteiger partial charge >= 0.3 is 12.4 Å². The molecule has 0 saturated carbocycles. The Morgan fingerprint density at radius 2 is 1.43 bits per heavy atom. The standard InChI is InChI=1S/C18H14F6N2O2/c1-10(27)14-4-2-3-5-15(14)26-16(28)9-25-13-7-11(17(19,20)21)6-12(8-13)18(22,23)24/h2-8,25H,9H2,1H3,(H,26,28). The van der Waals surface area contributed by atoms with Crippen molar-refractivity contribution in [1.29, 1.82) is 0 Å². The Bertz CT molecular complexity index is 858. The zero-order chi connectivity index (χ0) is 21.1. The van der Waals surface area contributed by atoms with Gasteiger partial charge in [0.1, 0.15) is 0 Å². The highest BCUT2D eigenvalue weighted by Crippen LogP contribution is 2.37. The Kier molecular flexibility index (Phi) is 6.01. The molecule has 0 spiro atoms. The molecule has 150 valence electrons. The molecule has 0 fully saturated rings. The Balaban J connectivity index is 2.18. The number of para-hydroxylation sites is 1. The van der Waals surface area contributed by atoms with Crippen molar-refractivity contribution in [2.24, 2.45) is 0 Å². The lowest BCUT2D eigenvalue weighted by Gasteiger charge is -2.15. The number of benzene rings is 2. The smallest absolute Gasteiger partial charge is 0.376 e. The first-order valence-electron chi connectivity index (χ1n) is 7.81. The normalized spacial score (nSPS) is 11.8. The highest BCUT2D eigenvalue weighted by atomic mass is 19.4. The minimum absolute atomic E-state index is 0.00560. The Hall–Kier alpha value is -3.04. The van der Waals surface area contributed by atoms with E-state index in [4.69, 9.17) is 0 Å². The molecule has 0 aliphatic carbocycles. The van der Waals surface area contributed by atoms with Gasteiger partial charge in [-0.05, 0) is 37.3 Å². The van der Waals surface area contributed by atoms with Gasteiger partial charge in [-0.3, -0.25) is 9.59 Å². The number of carbonyl (C=O) groups excluding carboxylic acids is 2. The van der Waals surface area contributed by atoms with Crippen LogP contribution < -0.4 is 10.6 Å². The summed E-state index contributed by atoms with van der Waals surface area (Å²) in [6.45, 7) is 0.676. The summed E-state index contributed by atoms with van der Waals surface area (Å²) in [7, 11) is 0. The predicted molar refractivity (Wildman–Crippen MR) is 90.0 cm³/mol. The largest absolute Gasteiger partial charge is 0.416 e. The summed E-state index contributed by atoms with van der Waals surface area (Å²) in [6.07, 6.45) is -9.97. The molecule has 0 saturated heterocycles. The summed E-state index contributed by atoms with van der Waals surface area (Å²) in [6, 6.07) is 6.99. The second kappa shape index (κ2) is 7.91. The van der Waals surface area contributed by atoms with Crippen molar-refractivity contribution in [2.75, 3.05) is 17.2 Å². The molecule has 0 bridgehead atoms. The molecule has 0 unspecified atom stereocenters. The van der Waals surface area contributed by atoms with Crippen molar-refractivity contribution in [3.05, 3.63) is 59.2 Å². The zero-order valence-corrected chi connectivity index (χ0v) is 14.3. The fourth-order valence-electron chi connectivity index (χ4n) is 2.33. The number of rotatable bonds is 5. The first kappa shape index (κ1) is 21.3. The van der Waals surface area contributed by atoms with Crippen molar-refractivity contribution in [3.8, 4) is 0 Å². The lowest BCUT2D eigenvalue weighted by atomic mass is 10.1. The monoisotopic (exact) mass is 404 g/mol. The zero-order valence-electron chi connectivity index (χ0n) is 14.3. The number of halogens is 6. The lowest BCUT2D eigenvalue weighted by Crippen LogP contribution is -2.23. The van der Waals surface area contributed by atoms with E-state index < -0.39 is 41.6 Å². The van der Waals surface area contributed by atoms with E-state index in [9.17, 15) is 35.9 Å². The van der Waals surface area contributed by atoms with Crippen LogP contribution in [0.5, 0.6) is 0 Å². The summed E-state index contributed by atoms with van der Waals surface area (Å²) in [5, 5.41) is 4.63. The van der Waals surface area contributed by atoms with Crippen LogP contribution in [0.3, 0.4) is 0 Å². The molecule has 2 aromatic carbocycles. The Morgan fingerprint density at radius 1 is 0.893 bits per heavy atom. The summed E-state index contributed by atoms with van der Waals surface area (Å²) in [5.41, 5.74) is -3.10. The summed E-state index contributed by atoms with van der Waals surface area (Å²) in [4.78, 5) is 23.5. The van der Waals surface area contributed by atoms with Gasteiger partial charge in [-0.2, -0.15) is 26.3 Å². The van der Waals surface area contributed by atoms with E-state index in [1.165, 1.54) is 19.1 Å². The Morgan fingerprint density at radius 3 is 1.93 bits per heavy atom. The fraction of sp³-hybridized carbons (Fsp3) is 0.222. The van der Waals surface area contributed by atoms with Crippen LogP contribution in [0, 0.1) is 0 Å². The number of Topliss-reactive ketones (excluding diaryl/α,β-unsaturated/α-hetero) is 1. The number of ketones is 1. The molecule has 0 radical (unpaired) electrons. The van der Waals surface area contributed by atoms with Gasteiger partial charge in [0.15, 0.2) is 5.78 Å². The number of hydrogen-bond donors (Lipinski definition) is 2. The number of anilines is 2. The van der Waals surface area contributed by atoms with E-state index in [-0.39, 0.29) is 23.1 Å². The maximum atomic E-state index is 12.8. The molecule has 0 atom stereocenters. The quantitative estimate of drug-likeness (QED) is 0.546. The number of nitrogens with one attached hydrogen (secondary N) is 2. The van der Waals surface area contributed by atoms with Crippen LogP contribution >= 0.6 is 0 Å². The summed E-state index contributed by atoms with van der Waals surface area (Å²) >= 11 is 0.